The van der Waals surface area contributed by atoms with Crippen LogP contribution in [0, 0.1) is 59.7 Å². The first kappa shape index (κ1) is 44.2. The second-order valence-electron chi connectivity index (χ2n) is 17.1. The average Bonchev–Trinajstić information content (AvgIpc) is 4.09. The summed E-state index contributed by atoms with van der Waals surface area (Å²) in [5, 5.41) is 4.36. The van der Waals surface area contributed by atoms with Crippen LogP contribution < -0.4 is 0 Å². The zero-order chi connectivity index (χ0) is 43.5. The van der Waals surface area contributed by atoms with Crippen LogP contribution >= 0.6 is 0 Å². The molecule has 0 fully saturated rings. The van der Waals surface area contributed by atoms with Gasteiger partial charge in [0, 0.05) is 48.6 Å². The number of hydrogen-bond acceptors (Lipinski definition) is 3. The first-order valence-electron chi connectivity index (χ1n) is 22.0. The summed E-state index contributed by atoms with van der Waals surface area (Å²) < 4.78 is 6.24. The molecule has 0 saturated carbocycles. The van der Waals surface area contributed by atoms with Crippen LogP contribution in [0.3, 0.4) is 0 Å². The van der Waals surface area contributed by atoms with Crippen LogP contribution in [0.15, 0.2) is 140 Å². The molecule has 6 nitrogen and oxygen atoms in total. The topological polar surface area (TPSA) is 53.5 Å². The van der Waals surface area contributed by atoms with Crippen molar-refractivity contribution < 1.29 is 20.1 Å². The van der Waals surface area contributed by atoms with Gasteiger partial charge in [0.15, 0.2) is 0 Å². The van der Waals surface area contributed by atoms with Gasteiger partial charge in [-0.1, -0.05) is 72.9 Å². The maximum Gasteiger partial charge on any atom is 3.00 e. The van der Waals surface area contributed by atoms with Gasteiger partial charge in [-0.2, -0.15) is 28.9 Å². The molecule has 0 spiro atoms. The van der Waals surface area contributed by atoms with E-state index in [0.29, 0.717) is 0 Å². The van der Waals surface area contributed by atoms with Gasteiger partial charge in [-0.25, -0.2) is 0 Å². The molecule has 0 aliphatic carbocycles. The minimum absolute atomic E-state index is 0. The molecule has 0 N–H and O–H groups in total. The van der Waals surface area contributed by atoms with Gasteiger partial charge in [-0.05, 0) is 112 Å². The molecule has 0 aliphatic rings. The Morgan fingerprint density at radius 1 is 0.438 bits per heavy atom. The molecule has 9 rings (SSSR count). The molecule has 320 valence electrons. The molecule has 0 amide bonds. The summed E-state index contributed by atoms with van der Waals surface area (Å²) in [5.41, 5.74) is 20.7. The van der Waals surface area contributed by atoms with Crippen molar-refractivity contribution in [3.8, 4) is 39.8 Å². The summed E-state index contributed by atoms with van der Waals surface area (Å²) in [6.07, 6.45) is 17.3. The third-order valence-corrected chi connectivity index (χ3v) is 12.1. The van der Waals surface area contributed by atoms with Crippen molar-refractivity contribution in [2.45, 2.75) is 80.1 Å². The Labute approximate surface area is 392 Å². The van der Waals surface area contributed by atoms with Gasteiger partial charge in [-0.15, -0.1) is 76.9 Å². The van der Waals surface area contributed by atoms with Gasteiger partial charge < -0.3 is 9.13 Å². The van der Waals surface area contributed by atoms with Gasteiger partial charge >= 0.3 is 20.1 Å². The molecule has 0 atom stereocenters. The summed E-state index contributed by atoms with van der Waals surface area (Å²) in [6.45, 7) is 13.0. The maximum absolute atomic E-state index is 4.76. The number of rotatable bonds is 14. The molecule has 3 heterocycles. The average molecular weight is 1010 g/mol. The van der Waals surface area contributed by atoms with E-state index in [-0.39, 0.29) is 20.1 Å². The van der Waals surface area contributed by atoms with E-state index in [1.54, 1.807) is 6.20 Å². The molecule has 0 unspecified atom stereocenters. The molecule has 9 aromatic rings. The summed E-state index contributed by atoms with van der Waals surface area (Å²) in [7, 11) is 0. The Morgan fingerprint density at radius 3 is 1.20 bits per heavy atom. The number of aromatic nitrogens is 6. The minimum Gasteiger partial charge on any atom is -0.340 e. The smallest absolute Gasteiger partial charge is 0.340 e. The molecular weight excluding hydrogens is 961 g/mol. The second-order valence-corrected chi connectivity index (χ2v) is 17.1. The van der Waals surface area contributed by atoms with E-state index in [0.717, 1.165) is 67.0 Å². The predicted octanol–water partition coefficient (Wildman–Crippen LogP) is 12.2. The molecule has 0 radical (unpaired) electrons. The van der Waals surface area contributed by atoms with Gasteiger partial charge in [-0.3, -0.25) is 14.6 Å². The Balaban J connectivity index is 0.00000560. The van der Waals surface area contributed by atoms with Crippen LogP contribution in [0.2, 0.25) is 0 Å². The van der Waals surface area contributed by atoms with E-state index in [1.807, 2.05) is 29.3 Å². The molecule has 0 aliphatic heterocycles. The number of hydrogen-bond donors (Lipinski definition) is 0. The fourth-order valence-corrected chi connectivity index (χ4v) is 9.27. The standard InChI is InChI=1S/C57H53N6.Ir/c1-39-32-41(3)54(42(4)33-39)61-30-27-58-56(61)51-20-14-45(15-21-51)8-11-48-36-49(38-50(37-48)13-10-47-18-24-53(25-19-47)63-29-7-26-60-63)12-9-46-16-22-52(23-17-46)57-59-28-31-62(57)55-43(5)34-40(2)35-44(55)6;/h7,14-20,22,24,26-38H,8-13H2,1-6H3;/q-3;+3. The number of imidazole rings is 2. The largest absolute Gasteiger partial charge is 3.00 e. The Kier molecular flexibility index (Phi) is 13.5. The second kappa shape index (κ2) is 19.6. The van der Waals surface area contributed by atoms with Crippen molar-refractivity contribution in [1.82, 2.24) is 28.9 Å². The summed E-state index contributed by atoms with van der Waals surface area (Å²) in [5.74, 6) is 1.82. The summed E-state index contributed by atoms with van der Waals surface area (Å²) in [6, 6.07) is 48.2. The van der Waals surface area contributed by atoms with Crippen LogP contribution in [0.4, 0.5) is 0 Å². The van der Waals surface area contributed by atoms with Crippen LogP contribution in [0.25, 0.3) is 39.8 Å². The van der Waals surface area contributed by atoms with Crippen LogP contribution in [0.1, 0.15) is 66.8 Å². The first-order valence-corrected chi connectivity index (χ1v) is 22.0. The summed E-state index contributed by atoms with van der Waals surface area (Å²) >= 11 is 0. The van der Waals surface area contributed by atoms with E-state index in [1.165, 1.54) is 78.1 Å². The van der Waals surface area contributed by atoms with Crippen LogP contribution in [0.5, 0.6) is 0 Å². The Morgan fingerprint density at radius 2 is 0.844 bits per heavy atom. The quantitative estimate of drug-likeness (QED) is 0.102. The third kappa shape index (κ3) is 9.87. The maximum atomic E-state index is 4.76. The molecule has 3 aromatic heterocycles. The van der Waals surface area contributed by atoms with E-state index in [2.05, 4.69) is 183 Å². The monoisotopic (exact) mass is 1010 g/mol. The van der Waals surface area contributed by atoms with Gasteiger partial charge in [0.2, 0.25) is 0 Å². The van der Waals surface area contributed by atoms with E-state index >= 15 is 0 Å². The van der Waals surface area contributed by atoms with Crippen LogP contribution in [-0.2, 0) is 58.6 Å². The van der Waals surface area contributed by atoms with Crippen molar-refractivity contribution in [2.75, 3.05) is 0 Å². The van der Waals surface area contributed by atoms with Gasteiger partial charge in [0.05, 0.1) is 11.6 Å². The van der Waals surface area contributed by atoms with E-state index in [9.17, 15) is 0 Å². The minimum atomic E-state index is 0. The SMILES string of the molecule is Cc1cc(C)c(-n2ccnc2-c2[c-]cc(CCc3cc(CCc4c[c-]c(-c5nccn5-c5c(C)cc(C)cc5C)cc4)cc(CCc4c[c-]c(-n5cccn5)cc4)c3)cc2)c(C)c1.[Ir+3]. The van der Waals surface area contributed by atoms with Crippen molar-refractivity contribution in [1.29, 1.82) is 0 Å². The zero-order valence-electron chi connectivity index (χ0n) is 37.5. The van der Waals surface area contributed by atoms with Gasteiger partial charge in [0.25, 0.3) is 0 Å². The molecular formula is C57H53IrN6. The fourth-order valence-electron chi connectivity index (χ4n) is 9.27. The summed E-state index contributed by atoms with van der Waals surface area (Å²) in [4.78, 5) is 9.53. The fraction of sp³-hybridized carbons (Fsp3) is 0.211. The van der Waals surface area contributed by atoms with Crippen molar-refractivity contribution in [2.24, 2.45) is 0 Å². The van der Waals surface area contributed by atoms with Crippen molar-refractivity contribution >= 4 is 0 Å². The molecule has 64 heavy (non-hydrogen) atoms. The normalized spacial score (nSPS) is 11.2. The molecule has 7 heteroatoms. The molecule has 0 bridgehead atoms. The number of aryl methyl sites for hydroxylation is 12. The first-order chi connectivity index (χ1) is 30.6. The van der Waals surface area contributed by atoms with E-state index in [4.69, 9.17) is 9.97 Å². The van der Waals surface area contributed by atoms with Crippen LogP contribution in [-0.4, -0.2) is 28.9 Å². The zero-order valence-corrected chi connectivity index (χ0v) is 39.9. The Hall–Kier alpha value is -6.40. The predicted molar refractivity (Wildman–Crippen MR) is 255 cm³/mol. The van der Waals surface area contributed by atoms with Gasteiger partial charge in [0.1, 0.15) is 0 Å². The van der Waals surface area contributed by atoms with Crippen molar-refractivity contribution in [3.05, 3.63) is 225 Å². The van der Waals surface area contributed by atoms with Crippen molar-refractivity contribution in [3.63, 3.8) is 0 Å². The Bertz CT molecular complexity index is 2780. The molecule has 0 saturated heterocycles. The third-order valence-electron chi connectivity index (χ3n) is 12.1. The number of nitrogens with zero attached hydrogens (tertiary/aromatic N) is 6. The number of benzene rings is 6. The molecule has 6 aromatic carbocycles. The van der Waals surface area contributed by atoms with E-state index < -0.39 is 0 Å².